The molecule has 0 bridgehead atoms. The van der Waals surface area contributed by atoms with Gasteiger partial charge in [-0.3, -0.25) is 4.79 Å². The molecule has 0 saturated carbocycles. The zero-order valence-electron chi connectivity index (χ0n) is 13.9. The molecule has 122 valence electrons. The second kappa shape index (κ2) is 8.22. The number of nitrogens with one attached hydrogen (secondary N) is 2. The fraction of sp³-hybridized carbons (Fsp3) is 0.316. The van der Waals surface area contributed by atoms with Gasteiger partial charge >= 0.3 is 0 Å². The van der Waals surface area contributed by atoms with Crippen molar-refractivity contribution in [2.45, 2.75) is 20.8 Å². The molecule has 0 heterocycles. The lowest BCUT2D eigenvalue weighted by Crippen LogP contribution is -2.21. The third kappa shape index (κ3) is 6.02. The van der Waals surface area contributed by atoms with Crippen molar-refractivity contribution in [1.82, 2.24) is 0 Å². The van der Waals surface area contributed by atoms with Crippen molar-refractivity contribution in [1.29, 1.82) is 0 Å². The van der Waals surface area contributed by atoms with Crippen LogP contribution in [0, 0.1) is 12.8 Å². The van der Waals surface area contributed by atoms with Crippen molar-refractivity contribution in [3.8, 4) is 5.75 Å². The van der Waals surface area contributed by atoms with Gasteiger partial charge in [-0.2, -0.15) is 0 Å². The van der Waals surface area contributed by atoms with Gasteiger partial charge in [-0.15, -0.1) is 0 Å². The zero-order valence-corrected chi connectivity index (χ0v) is 13.9. The standard InChI is InChI=1S/C19H24N2O2/c1-14(2)13-23-18-9-7-16(8-10-18)20-12-19(22)21-17-6-4-5-15(3)11-17/h4-11,14,20H,12-13H2,1-3H3,(H,21,22). The molecule has 0 aliphatic rings. The molecule has 0 radical (unpaired) electrons. The summed E-state index contributed by atoms with van der Waals surface area (Å²) in [5, 5.41) is 5.97. The van der Waals surface area contributed by atoms with Gasteiger partial charge in [-0.1, -0.05) is 26.0 Å². The van der Waals surface area contributed by atoms with Crippen LogP contribution in [0.15, 0.2) is 48.5 Å². The van der Waals surface area contributed by atoms with Crippen molar-refractivity contribution >= 4 is 17.3 Å². The SMILES string of the molecule is Cc1cccc(NC(=O)CNc2ccc(OCC(C)C)cc2)c1. The predicted octanol–water partition coefficient (Wildman–Crippen LogP) is 4.08. The van der Waals surface area contributed by atoms with Crippen LogP contribution < -0.4 is 15.4 Å². The van der Waals surface area contributed by atoms with Gasteiger partial charge in [0.05, 0.1) is 13.2 Å². The first kappa shape index (κ1) is 16.9. The average molecular weight is 312 g/mol. The highest BCUT2D eigenvalue weighted by atomic mass is 16.5. The van der Waals surface area contributed by atoms with E-state index >= 15 is 0 Å². The van der Waals surface area contributed by atoms with Gasteiger partial charge in [0, 0.05) is 11.4 Å². The third-order valence-electron chi connectivity index (χ3n) is 3.19. The molecule has 1 amide bonds. The maximum absolute atomic E-state index is 11.9. The summed E-state index contributed by atoms with van der Waals surface area (Å²) >= 11 is 0. The minimum atomic E-state index is -0.0734. The summed E-state index contributed by atoms with van der Waals surface area (Å²) in [7, 11) is 0. The Morgan fingerprint density at radius 3 is 2.48 bits per heavy atom. The molecule has 0 saturated heterocycles. The quantitative estimate of drug-likeness (QED) is 0.810. The Bertz CT molecular complexity index is 636. The highest BCUT2D eigenvalue weighted by Crippen LogP contribution is 2.16. The molecular formula is C19H24N2O2. The largest absolute Gasteiger partial charge is 0.493 e. The van der Waals surface area contributed by atoms with Gasteiger partial charge in [0.25, 0.3) is 0 Å². The molecule has 4 nitrogen and oxygen atoms in total. The van der Waals surface area contributed by atoms with Crippen LogP contribution in [0.5, 0.6) is 5.75 Å². The number of ether oxygens (including phenoxy) is 1. The smallest absolute Gasteiger partial charge is 0.243 e. The molecular weight excluding hydrogens is 288 g/mol. The van der Waals surface area contributed by atoms with Crippen molar-refractivity contribution in [2.75, 3.05) is 23.8 Å². The van der Waals surface area contributed by atoms with Crippen LogP contribution in [0.25, 0.3) is 0 Å². The van der Waals surface area contributed by atoms with Gasteiger partial charge in [0.2, 0.25) is 5.91 Å². The van der Waals surface area contributed by atoms with Gasteiger partial charge in [0.15, 0.2) is 0 Å². The summed E-state index contributed by atoms with van der Waals surface area (Å²) < 4.78 is 5.63. The van der Waals surface area contributed by atoms with Crippen LogP contribution in [0.4, 0.5) is 11.4 Å². The Hall–Kier alpha value is -2.49. The van der Waals surface area contributed by atoms with E-state index in [0.717, 1.165) is 22.7 Å². The molecule has 2 N–H and O–H groups in total. The summed E-state index contributed by atoms with van der Waals surface area (Å²) in [4.78, 5) is 11.9. The molecule has 4 heteroatoms. The Balaban J connectivity index is 1.80. The second-order valence-electron chi connectivity index (χ2n) is 6.00. The number of rotatable bonds is 7. The average Bonchev–Trinajstić information content (AvgIpc) is 2.52. The molecule has 2 aromatic rings. The lowest BCUT2D eigenvalue weighted by atomic mass is 10.2. The molecule has 0 aliphatic carbocycles. The highest BCUT2D eigenvalue weighted by molar-refractivity contribution is 5.93. The Labute approximate surface area is 137 Å². The van der Waals surface area contributed by atoms with Gasteiger partial charge in [-0.05, 0) is 54.8 Å². The number of anilines is 2. The van der Waals surface area contributed by atoms with Crippen LogP contribution >= 0.6 is 0 Å². The number of aryl methyl sites for hydroxylation is 1. The highest BCUT2D eigenvalue weighted by Gasteiger charge is 2.03. The topological polar surface area (TPSA) is 50.4 Å². The maximum atomic E-state index is 11.9. The van der Waals surface area contributed by atoms with Crippen LogP contribution in [-0.4, -0.2) is 19.1 Å². The molecule has 0 spiro atoms. The molecule has 0 aromatic heterocycles. The van der Waals surface area contributed by atoms with Crippen molar-refractivity contribution < 1.29 is 9.53 Å². The molecule has 0 fully saturated rings. The van der Waals surface area contributed by atoms with Crippen molar-refractivity contribution in [3.05, 3.63) is 54.1 Å². The first-order valence-electron chi connectivity index (χ1n) is 7.86. The summed E-state index contributed by atoms with van der Waals surface area (Å²) in [6, 6.07) is 15.4. The summed E-state index contributed by atoms with van der Waals surface area (Å²) in [5.74, 6) is 1.27. The molecule has 2 rings (SSSR count). The number of carbonyl (C=O) groups excluding carboxylic acids is 1. The summed E-state index contributed by atoms with van der Waals surface area (Å²) in [5.41, 5.74) is 2.82. The van der Waals surface area contributed by atoms with E-state index in [9.17, 15) is 4.79 Å². The second-order valence-corrected chi connectivity index (χ2v) is 6.00. The number of hydrogen-bond acceptors (Lipinski definition) is 3. The van der Waals surface area contributed by atoms with E-state index in [1.165, 1.54) is 0 Å². The summed E-state index contributed by atoms with van der Waals surface area (Å²) in [6.07, 6.45) is 0. The third-order valence-corrected chi connectivity index (χ3v) is 3.19. The number of amides is 1. The van der Waals surface area contributed by atoms with Gasteiger partial charge in [0.1, 0.15) is 5.75 Å². The predicted molar refractivity (Wildman–Crippen MR) is 95.1 cm³/mol. The molecule has 23 heavy (non-hydrogen) atoms. The Morgan fingerprint density at radius 2 is 1.83 bits per heavy atom. The first-order chi connectivity index (χ1) is 11.0. The van der Waals surface area contributed by atoms with Crippen LogP contribution in [0.3, 0.4) is 0 Å². The fourth-order valence-electron chi connectivity index (χ4n) is 2.04. The first-order valence-corrected chi connectivity index (χ1v) is 7.86. The molecule has 0 atom stereocenters. The lowest BCUT2D eigenvalue weighted by molar-refractivity contribution is -0.114. The molecule has 0 aliphatic heterocycles. The molecule has 2 aromatic carbocycles. The number of hydrogen-bond donors (Lipinski definition) is 2. The van der Waals surface area contributed by atoms with Crippen LogP contribution in [-0.2, 0) is 4.79 Å². The van der Waals surface area contributed by atoms with E-state index in [1.807, 2.05) is 55.5 Å². The minimum absolute atomic E-state index is 0.0734. The van der Waals surface area contributed by atoms with Crippen molar-refractivity contribution in [3.63, 3.8) is 0 Å². The van der Waals surface area contributed by atoms with Crippen molar-refractivity contribution in [2.24, 2.45) is 5.92 Å². The van der Waals surface area contributed by atoms with E-state index in [0.29, 0.717) is 12.5 Å². The summed E-state index contributed by atoms with van der Waals surface area (Å²) in [6.45, 7) is 7.15. The number of carbonyl (C=O) groups is 1. The maximum Gasteiger partial charge on any atom is 0.243 e. The fourth-order valence-corrected chi connectivity index (χ4v) is 2.04. The van der Waals surface area contributed by atoms with E-state index in [1.54, 1.807) is 0 Å². The van der Waals surface area contributed by atoms with Crippen LogP contribution in [0.1, 0.15) is 19.4 Å². The van der Waals surface area contributed by atoms with Crippen LogP contribution in [0.2, 0.25) is 0 Å². The van der Waals surface area contributed by atoms with E-state index < -0.39 is 0 Å². The minimum Gasteiger partial charge on any atom is -0.493 e. The molecule has 0 unspecified atom stereocenters. The van der Waals surface area contributed by atoms with Gasteiger partial charge in [-0.25, -0.2) is 0 Å². The van der Waals surface area contributed by atoms with E-state index in [-0.39, 0.29) is 12.5 Å². The monoisotopic (exact) mass is 312 g/mol. The van der Waals surface area contributed by atoms with Gasteiger partial charge < -0.3 is 15.4 Å². The number of benzene rings is 2. The lowest BCUT2D eigenvalue weighted by Gasteiger charge is -2.11. The van der Waals surface area contributed by atoms with E-state index in [4.69, 9.17) is 4.74 Å². The Kier molecular flexibility index (Phi) is 6.03. The normalized spacial score (nSPS) is 10.4. The Morgan fingerprint density at radius 1 is 1.09 bits per heavy atom. The zero-order chi connectivity index (χ0) is 16.7. The van der Waals surface area contributed by atoms with E-state index in [2.05, 4.69) is 24.5 Å².